The number of hydrogen-bond donors (Lipinski definition) is 1. The van der Waals surface area contributed by atoms with E-state index in [2.05, 4.69) is 26.2 Å². The molecule has 1 aromatic carbocycles. The van der Waals surface area contributed by atoms with Crippen molar-refractivity contribution in [1.82, 2.24) is 9.97 Å². The Kier molecular flexibility index (Phi) is 3.02. The van der Waals surface area contributed by atoms with Gasteiger partial charge in [0.1, 0.15) is 11.6 Å². The van der Waals surface area contributed by atoms with Gasteiger partial charge in [-0.15, -0.1) is 0 Å². The first-order valence-corrected chi connectivity index (χ1v) is 6.23. The molecule has 0 fully saturated rings. The molecule has 1 N–H and O–H groups in total. The van der Waals surface area contributed by atoms with Crippen LogP contribution >= 0.6 is 0 Å². The highest BCUT2D eigenvalue weighted by Gasteiger charge is 2.04. The van der Waals surface area contributed by atoms with Crippen molar-refractivity contribution in [2.45, 2.75) is 6.92 Å². The lowest BCUT2D eigenvalue weighted by atomic mass is 10.1. The summed E-state index contributed by atoms with van der Waals surface area (Å²) < 4.78 is 0. The number of aryl methyl sites for hydroxylation is 1. The third-order valence-electron chi connectivity index (χ3n) is 3.04. The van der Waals surface area contributed by atoms with Crippen LogP contribution < -0.4 is 5.32 Å². The van der Waals surface area contributed by atoms with E-state index in [1.54, 1.807) is 18.3 Å². The summed E-state index contributed by atoms with van der Waals surface area (Å²) in [6.07, 6.45) is 1.55. The van der Waals surface area contributed by atoms with Gasteiger partial charge in [-0.2, -0.15) is 0 Å². The average Bonchev–Trinajstić information content (AvgIpc) is 2.49. The molecule has 96 valence electrons. The molecule has 0 saturated heterocycles. The van der Waals surface area contributed by atoms with Crippen molar-refractivity contribution in [3.05, 3.63) is 65.6 Å². The highest BCUT2D eigenvalue weighted by atomic mass is 15.1. The summed E-state index contributed by atoms with van der Waals surface area (Å²) >= 11 is 0. The van der Waals surface area contributed by atoms with E-state index in [1.807, 2.05) is 31.2 Å². The number of anilines is 2. The molecule has 0 amide bonds. The number of para-hydroxylation sites is 1. The third-order valence-corrected chi connectivity index (χ3v) is 3.04. The number of fused-ring (bicyclic) bond motifs is 1. The maximum absolute atomic E-state index is 6.91. The summed E-state index contributed by atoms with van der Waals surface area (Å²) in [5.74, 6) is 1.47. The Labute approximate surface area is 116 Å². The molecule has 3 rings (SSSR count). The summed E-state index contributed by atoms with van der Waals surface area (Å²) in [6, 6.07) is 13.6. The van der Waals surface area contributed by atoms with Crippen LogP contribution in [0.4, 0.5) is 17.3 Å². The van der Waals surface area contributed by atoms with Crippen molar-refractivity contribution in [3.63, 3.8) is 0 Å². The number of rotatable bonds is 2. The fraction of sp³-hybridized carbons (Fsp3) is 0.0625. The van der Waals surface area contributed by atoms with Gasteiger partial charge in [-0.25, -0.2) is 9.83 Å². The van der Waals surface area contributed by atoms with Crippen LogP contribution in [0.3, 0.4) is 0 Å². The zero-order chi connectivity index (χ0) is 13.9. The van der Waals surface area contributed by atoms with Crippen molar-refractivity contribution in [1.29, 1.82) is 0 Å². The Balaban J connectivity index is 1.97. The third kappa shape index (κ3) is 2.29. The van der Waals surface area contributed by atoms with Crippen molar-refractivity contribution in [3.8, 4) is 0 Å². The standard InChI is InChI=1S/C16H12N4/c1-11-9-12-5-3-4-6-14(12)19-16(11)20-15-8-7-13(17-2)10-18-15/h3-10H,1H3,(H,18,19,20). The number of aromatic nitrogens is 2. The molecule has 20 heavy (non-hydrogen) atoms. The molecule has 4 nitrogen and oxygen atoms in total. The smallest absolute Gasteiger partial charge is 0.205 e. The highest BCUT2D eigenvalue weighted by Crippen LogP contribution is 2.22. The molecular weight excluding hydrogens is 248 g/mol. The Morgan fingerprint density at radius 1 is 1.15 bits per heavy atom. The Bertz CT molecular complexity index is 801. The molecule has 0 saturated carbocycles. The summed E-state index contributed by atoms with van der Waals surface area (Å²) in [4.78, 5) is 12.1. The van der Waals surface area contributed by atoms with Crippen molar-refractivity contribution in [2.24, 2.45) is 0 Å². The van der Waals surface area contributed by atoms with E-state index in [0.29, 0.717) is 11.5 Å². The summed E-state index contributed by atoms with van der Waals surface area (Å²) in [5, 5.41) is 4.31. The molecule has 4 heteroatoms. The van der Waals surface area contributed by atoms with E-state index in [-0.39, 0.29) is 0 Å². The zero-order valence-electron chi connectivity index (χ0n) is 11.0. The van der Waals surface area contributed by atoms with Crippen LogP contribution in [0.25, 0.3) is 15.7 Å². The summed E-state index contributed by atoms with van der Waals surface area (Å²) in [5.41, 5.74) is 2.52. The molecule has 3 aromatic rings. The second kappa shape index (κ2) is 4.98. The molecule has 0 aliphatic carbocycles. The van der Waals surface area contributed by atoms with E-state index in [4.69, 9.17) is 6.57 Å². The van der Waals surface area contributed by atoms with Gasteiger partial charge in [0.15, 0.2) is 0 Å². The minimum atomic E-state index is 0.527. The van der Waals surface area contributed by atoms with E-state index in [0.717, 1.165) is 22.3 Å². The predicted octanol–water partition coefficient (Wildman–Crippen LogP) is 4.23. The molecule has 0 unspecified atom stereocenters. The monoisotopic (exact) mass is 260 g/mol. The van der Waals surface area contributed by atoms with Gasteiger partial charge in [-0.1, -0.05) is 24.3 Å². The maximum atomic E-state index is 6.91. The highest BCUT2D eigenvalue weighted by molar-refractivity contribution is 5.82. The van der Waals surface area contributed by atoms with Crippen LogP contribution in [0.1, 0.15) is 5.56 Å². The van der Waals surface area contributed by atoms with Crippen LogP contribution in [0.5, 0.6) is 0 Å². The molecule has 0 aliphatic heterocycles. The Morgan fingerprint density at radius 2 is 2.00 bits per heavy atom. The molecular formula is C16H12N4. The van der Waals surface area contributed by atoms with Gasteiger partial charge >= 0.3 is 0 Å². The average molecular weight is 260 g/mol. The quantitative estimate of drug-likeness (QED) is 0.701. The lowest BCUT2D eigenvalue weighted by molar-refractivity contribution is 1.25. The lowest BCUT2D eigenvalue weighted by Gasteiger charge is -2.09. The van der Waals surface area contributed by atoms with Gasteiger partial charge in [-0.3, -0.25) is 4.98 Å². The van der Waals surface area contributed by atoms with E-state index >= 15 is 0 Å². The van der Waals surface area contributed by atoms with Gasteiger partial charge < -0.3 is 5.32 Å². The minimum absolute atomic E-state index is 0.527. The van der Waals surface area contributed by atoms with Crippen molar-refractivity contribution < 1.29 is 0 Å². The first-order chi connectivity index (χ1) is 9.76. The van der Waals surface area contributed by atoms with Gasteiger partial charge in [0.2, 0.25) is 5.69 Å². The lowest BCUT2D eigenvalue weighted by Crippen LogP contribution is -1.98. The molecule has 0 spiro atoms. The SMILES string of the molecule is [C-]#[N+]c1ccc(Nc2nc3ccccc3cc2C)nc1. The maximum Gasteiger partial charge on any atom is 0.205 e. The fourth-order valence-corrected chi connectivity index (χ4v) is 2.00. The number of nitrogens with zero attached hydrogens (tertiary/aromatic N) is 3. The van der Waals surface area contributed by atoms with E-state index < -0.39 is 0 Å². The van der Waals surface area contributed by atoms with Crippen LogP contribution in [-0.2, 0) is 0 Å². The number of hydrogen-bond acceptors (Lipinski definition) is 3. The van der Waals surface area contributed by atoms with Gasteiger partial charge in [-0.05, 0) is 30.7 Å². The topological polar surface area (TPSA) is 42.2 Å². The predicted molar refractivity (Wildman–Crippen MR) is 80.3 cm³/mol. The Hall–Kier alpha value is -2.93. The van der Waals surface area contributed by atoms with Crippen molar-refractivity contribution >= 4 is 28.2 Å². The molecule has 2 aromatic heterocycles. The largest absolute Gasteiger partial charge is 0.325 e. The molecule has 0 atom stereocenters. The van der Waals surface area contributed by atoms with Crippen molar-refractivity contribution in [2.75, 3.05) is 5.32 Å². The van der Waals surface area contributed by atoms with Crippen LogP contribution in [0.2, 0.25) is 0 Å². The van der Waals surface area contributed by atoms with E-state index in [9.17, 15) is 0 Å². The van der Waals surface area contributed by atoms with Gasteiger partial charge in [0.25, 0.3) is 0 Å². The Morgan fingerprint density at radius 3 is 2.75 bits per heavy atom. The molecule has 2 heterocycles. The fourth-order valence-electron chi connectivity index (χ4n) is 2.00. The van der Waals surface area contributed by atoms with Crippen LogP contribution in [0, 0.1) is 13.5 Å². The van der Waals surface area contributed by atoms with Crippen LogP contribution in [-0.4, -0.2) is 9.97 Å². The summed E-state index contributed by atoms with van der Waals surface area (Å²) in [7, 11) is 0. The second-order valence-electron chi connectivity index (χ2n) is 4.49. The normalized spacial score (nSPS) is 10.2. The van der Waals surface area contributed by atoms with Gasteiger partial charge in [0, 0.05) is 11.6 Å². The van der Waals surface area contributed by atoms with E-state index in [1.165, 1.54) is 0 Å². The first kappa shape index (κ1) is 12.1. The number of benzene rings is 1. The molecule has 0 radical (unpaired) electrons. The summed E-state index contributed by atoms with van der Waals surface area (Å²) in [6.45, 7) is 8.92. The minimum Gasteiger partial charge on any atom is -0.325 e. The first-order valence-electron chi connectivity index (χ1n) is 6.23. The number of pyridine rings is 2. The molecule has 0 bridgehead atoms. The second-order valence-corrected chi connectivity index (χ2v) is 4.49. The van der Waals surface area contributed by atoms with Crippen LogP contribution in [0.15, 0.2) is 48.7 Å². The zero-order valence-corrected chi connectivity index (χ0v) is 11.0. The van der Waals surface area contributed by atoms with Gasteiger partial charge in [0.05, 0.1) is 12.1 Å². The molecule has 0 aliphatic rings. The number of nitrogens with one attached hydrogen (secondary N) is 1.